The Morgan fingerprint density at radius 1 is 1.06 bits per heavy atom. The minimum atomic E-state index is -0.676. The molecule has 3 aromatic carbocycles. The fraction of sp³-hybridized carbons (Fsp3) is 0.250. The summed E-state index contributed by atoms with van der Waals surface area (Å²) >= 11 is 12.9. The fourth-order valence-corrected chi connectivity index (χ4v) is 4.48. The van der Waals surface area contributed by atoms with E-state index in [0.29, 0.717) is 38.3 Å². The predicted octanol–water partition coefficient (Wildman–Crippen LogP) is 6.54. The zero-order valence-electron chi connectivity index (χ0n) is 19.9. The molecule has 1 heterocycles. The normalized spacial score (nSPS) is 16.3. The molecule has 0 unspecified atom stereocenters. The monoisotopic (exact) mass is 507 g/mol. The van der Waals surface area contributed by atoms with Crippen molar-refractivity contribution < 1.29 is 9.59 Å². The summed E-state index contributed by atoms with van der Waals surface area (Å²) < 4.78 is 0. The van der Waals surface area contributed by atoms with Crippen LogP contribution >= 0.6 is 23.2 Å². The molecule has 2 atom stereocenters. The van der Waals surface area contributed by atoms with Gasteiger partial charge in [-0.3, -0.25) is 14.6 Å². The quantitative estimate of drug-likeness (QED) is 0.411. The van der Waals surface area contributed by atoms with Crippen LogP contribution in [0.2, 0.25) is 10.0 Å². The van der Waals surface area contributed by atoms with Crippen molar-refractivity contribution in [1.82, 2.24) is 0 Å². The number of hydrogen-bond acceptors (Lipinski definition) is 3. The number of anilines is 2. The Morgan fingerprint density at radius 3 is 2.46 bits per heavy atom. The topological polar surface area (TPSA) is 61.8 Å². The highest BCUT2D eigenvalue weighted by Crippen LogP contribution is 2.34. The van der Waals surface area contributed by atoms with Gasteiger partial charge in [-0.25, -0.2) is 0 Å². The second-order valence-corrected chi connectivity index (χ2v) is 9.63. The number of benzene rings is 3. The van der Waals surface area contributed by atoms with Gasteiger partial charge in [0.1, 0.15) is 12.6 Å². The molecule has 7 heteroatoms. The number of halogens is 2. The van der Waals surface area contributed by atoms with Gasteiger partial charge in [0.05, 0.1) is 11.4 Å². The largest absolute Gasteiger partial charge is 0.325 e. The molecule has 3 aromatic rings. The summed E-state index contributed by atoms with van der Waals surface area (Å²) in [6, 6.07) is 19.5. The third kappa shape index (κ3) is 5.42. The summed E-state index contributed by atoms with van der Waals surface area (Å²) in [7, 11) is 0. The van der Waals surface area contributed by atoms with Crippen molar-refractivity contribution in [2.45, 2.75) is 33.2 Å². The van der Waals surface area contributed by atoms with Gasteiger partial charge in [0.25, 0.3) is 5.91 Å². The summed E-state index contributed by atoms with van der Waals surface area (Å²) in [5.41, 5.74) is 4.30. The molecule has 0 saturated heterocycles. The number of carbonyl (C=O) groups is 2. The first-order valence-corrected chi connectivity index (χ1v) is 12.3. The molecule has 2 amide bonds. The Morgan fingerprint density at radius 2 is 1.77 bits per heavy atom. The van der Waals surface area contributed by atoms with Crippen LogP contribution in [0.5, 0.6) is 0 Å². The van der Waals surface area contributed by atoms with Crippen molar-refractivity contribution in [3.05, 3.63) is 93.5 Å². The van der Waals surface area contributed by atoms with E-state index in [1.54, 1.807) is 24.3 Å². The summed E-state index contributed by atoms with van der Waals surface area (Å²) in [6.07, 6.45) is 0.746. The maximum atomic E-state index is 13.9. The van der Waals surface area contributed by atoms with Crippen molar-refractivity contribution in [2.24, 2.45) is 10.9 Å². The number of rotatable bonds is 6. The maximum absolute atomic E-state index is 13.9. The fourth-order valence-electron chi connectivity index (χ4n) is 4.08. The van der Waals surface area contributed by atoms with Crippen molar-refractivity contribution in [2.75, 3.05) is 16.8 Å². The number of carbonyl (C=O) groups excluding carboxylic acids is 2. The van der Waals surface area contributed by atoms with E-state index in [9.17, 15) is 9.59 Å². The first kappa shape index (κ1) is 25.0. The van der Waals surface area contributed by atoms with Crippen LogP contribution in [0.15, 0.2) is 71.7 Å². The minimum Gasteiger partial charge on any atom is -0.325 e. The smallest absolute Gasteiger partial charge is 0.252 e. The van der Waals surface area contributed by atoms with Crippen LogP contribution < -0.4 is 10.2 Å². The first-order valence-electron chi connectivity index (χ1n) is 11.6. The van der Waals surface area contributed by atoms with Gasteiger partial charge in [-0.1, -0.05) is 79.4 Å². The molecule has 0 saturated carbocycles. The standard InChI is InChI=1S/C28H27Cl2N3O2/c1-4-18(3)26-28(35)33(16-25(34)31-20-12-9-17(2)10-13-20)24-14-11-19(29)15-22(24)27(32-26)21-7-5-6-8-23(21)30/h5-15,18,26H,4,16H2,1-3H3,(H,31,34)/t18-,26-/m1/s1. The molecule has 35 heavy (non-hydrogen) atoms. The van der Waals surface area contributed by atoms with Crippen LogP contribution in [0, 0.1) is 12.8 Å². The van der Waals surface area contributed by atoms with Crippen molar-refractivity contribution in [1.29, 1.82) is 0 Å². The number of aryl methyl sites for hydroxylation is 1. The predicted molar refractivity (Wildman–Crippen MR) is 144 cm³/mol. The average molecular weight is 508 g/mol. The first-order chi connectivity index (χ1) is 16.8. The highest BCUT2D eigenvalue weighted by atomic mass is 35.5. The van der Waals surface area contributed by atoms with Gasteiger partial charge in [-0.15, -0.1) is 0 Å². The Bertz CT molecular complexity index is 1290. The summed E-state index contributed by atoms with van der Waals surface area (Å²) in [5, 5.41) is 3.92. The highest BCUT2D eigenvalue weighted by Gasteiger charge is 2.36. The van der Waals surface area contributed by atoms with Crippen molar-refractivity contribution >= 4 is 52.1 Å². The Labute approximate surface area is 215 Å². The number of nitrogens with zero attached hydrogens (tertiary/aromatic N) is 2. The molecule has 0 aliphatic carbocycles. The van der Waals surface area contributed by atoms with Crippen molar-refractivity contribution in [3.63, 3.8) is 0 Å². The number of hydrogen-bond donors (Lipinski definition) is 1. The van der Waals surface area contributed by atoms with E-state index in [1.165, 1.54) is 4.90 Å². The molecule has 1 aliphatic rings. The van der Waals surface area contributed by atoms with Crippen LogP contribution in [0.25, 0.3) is 0 Å². The van der Waals surface area contributed by atoms with Crippen molar-refractivity contribution in [3.8, 4) is 0 Å². The van der Waals surface area contributed by atoms with E-state index >= 15 is 0 Å². The molecule has 0 spiro atoms. The third-order valence-corrected chi connectivity index (χ3v) is 6.81. The molecular formula is C28H27Cl2N3O2. The number of amides is 2. The van der Waals surface area contributed by atoms with Crippen LogP contribution in [0.1, 0.15) is 37.0 Å². The molecular weight excluding hydrogens is 481 g/mol. The molecule has 5 nitrogen and oxygen atoms in total. The van der Waals surface area contributed by atoms with E-state index in [-0.39, 0.29) is 24.3 Å². The van der Waals surface area contributed by atoms with Crippen LogP contribution in [0.4, 0.5) is 11.4 Å². The Kier molecular flexibility index (Phi) is 7.58. The van der Waals surface area contributed by atoms with Gasteiger partial charge < -0.3 is 10.2 Å². The molecule has 0 radical (unpaired) electrons. The third-order valence-electron chi connectivity index (χ3n) is 6.24. The number of aliphatic imine (C=N–C) groups is 1. The second-order valence-electron chi connectivity index (χ2n) is 8.79. The summed E-state index contributed by atoms with van der Waals surface area (Å²) in [6.45, 7) is 5.84. The van der Waals surface area contributed by atoms with E-state index in [0.717, 1.165) is 12.0 Å². The summed E-state index contributed by atoms with van der Waals surface area (Å²) in [4.78, 5) is 33.4. The molecule has 0 bridgehead atoms. The second kappa shape index (κ2) is 10.6. The average Bonchev–Trinajstić information content (AvgIpc) is 2.95. The lowest BCUT2D eigenvalue weighted by atomic mass is 9.97. The van der Waals surface area contributed by atoms with E-state index < -0.39 is 6.04 Å². The number of fused-ring (bicyclic) bond motifs is 1. The van der Waals surface area contributed by atoms with Gasteiger partial charge in [-0.2, -0.15) is 0 Å². The molecule has 1 aliphatic heterocycles. The molecule has 4 rings (SSSR count). The van der Waals surface area contributed by atoms with Gasteiger partial charge in [0, 0.05) is 26.9 Å². The number of nitrogens with one attached hydrogen (secondary N) is 1. The molecule has 0 aromatic heterocycles. The lowest BCUT2D eigenvalue weighted by molar-refractivity contribution is -0.123. The molecule has 0 fully saturated rings. The summed E-state index contributed by atoms with van der Waals surface area (Å²) in [5.74, 6) is -0.580. The Hall–Kier alpha value is -3.15. The van der Waals surface area contributed by atoms with E-state index in [1.807, 2.05) is 63.2 Å². The van der Waals surface area contributed by atoms with Crippen LogP contribution in [-0.2, 0) is 9.59 Å². The molecule has 1 N–H and O–H groups in total. The zero-order chi connectivity index (χ0) is 25.1. The van der Waals surface area contributed by atoms with Gasteiger partial charge in [-0.05, 0) is 49.2 Å². The van der Waals surface area contributed by atoms with Crippen LogP contribution in [-0.4, -0.2) is 30.1 Å². The van der Waals surface area contributed by atoms with Gasteiger partial charge >= 0.3 is 0 Å². The maximum Gasteiger partial charge on any atom is 0.252 e. The lowest BCUT2D eigenvalue weighted by Crippen LogP contribution is -2.44. The van der Waals surface area contributed by atoms with Gasteiger partial charge in [0.15, 0.2) is 0 Å². The Balaban J connectivity index is 1.80. The highest BCUT2D eigenvalue weighted by molar-refractivity contribution is 6.37. The SMILES string of the molecule is CC[C@@H](C)[C@H]1N=C(c2ccccc2Cl)c2cc(Cl)ccc2N(CC(=O)Nc2ccc(C)cc2)C1=O. The van der Waals surface area contributed by atoms with E-state index in [2.05, 4.69) is 5.32 Å². The van der Waals surface area contributed by atoms with Gasteiger partial charge in [0.2, 0.25) is 5.91 Å². The number of benzodiazepines with no additional fused rings is 1. The molecule has 180 valence electrons. The minimum absolute atomic E-state index is 0.0487. The van der Waals surface area contributed by atoms with E-state index in [4.69, 9.17) is 28.2 Å². The zero-order valence-corrected chi connectivity index (χ0v) is 21.4. The lowest BCUT2D eigenvalue weighted by Gasteiger charge is -2.26. The van der Waals surface area contributed by atoms with Crippen LogP contribution in [0.3, 0.4) is 0 Å².